The van der Waals surface area contributed by atoms with Crippen LogP contribution in [0.25, 0.3) is 0 Å². The standard InChI is InChI=1S/C14H19FN2OS/c1-3-16-13-11(5-4-6-12(13)15)14(18)17(2)10-7-8-19-9-10/h4-6,10,16H,3,7-9H2,1-2H3. The molecule has 1 heterocycles. The fourth-order valence-electron chi connectivity index (χ4n) is 2.24. The lowest BCUT2D eigenvalue weighted by molar-refractivity contribution is 0.0748. The second-order valence-electron chi connectivity index (χ2n) is 4.63. The molecule has 104 valence electrons. The summed E-state index contributed by atoms with van der Waals surface area (Å²) in [4.78, 5) is 14.2. The van der Waals surface area contributed by atoms with Crippen LogP contribution >= 0.6 is 11.8 Å². The van der Waals surface area contributed by atoms with Gasteiger partial charge in [-0.2, -0.15) is 11.8 Å². The van der Waals surface area contributed by atoms with Crippen LogP contribution in [0, 0.1) is 5.82 Å². The second-order valence-corrected chi connectivity index (χ2v) is 5.78. The SMILES string of the molecule is CCNc1c(F)cccc1C(=O)N(C)C1CCSC1. The summed E-state index contributed by atoms with van der Waals surface area (Å²) >= 11 is 1.86. The topological polar surface area (TPSA) is 32.3 Å². The van der Waals surface area contributed by atoms with E-state index in [0.717, 1.165) is 17.9 Å². The van der Waals surface area contributed by atoms with E-state index in [0.29, 0.717) is 17.8 Å². The largest absolute Gasteiger partial charge is 0.382 e. The van der Waals surface area contributed by atoms with Crippen LogP contribution in [0.4, 0.5) is 10.1 Å². The second kappa shape index (κ2) is 6.28. The molecule has 1 aliphatic heterocycles. The molecule has 0 radical (unpaired) electrons. The molecule has 2 rings (SSSR count). The van der Waals surface area contributed by atoms with Gasteiger partial charge in [0.15, 0.2) is 0 Å². The molecule has 0 aliphatic carbocycles. The number of rotatable bonds is 4. The smallest absolute Gasteiger partial charge is 0.256 e. The molecule has 1 atom stereocenters. The summed E-state index contributed by atoms with van der Waals surface area (Å²) in [7, 11) is 1.81. The maximum Gasteiger partial charge on any atom is 0.256 e. The lowest BCUT2D eigenvalue weighted by Crippen LogP contribution is -2.37. The molecule has 19 heavy (non-hydrogen) atoms. The van der Waals surface area contributed by atoms with Gasteiger partial charge in [-0.05, 0) is 31.2 Å². The molecule has 3 nitrogen and oxygen atoms in total. The highest BCUT2D eigenvalue weighted by atomic mass is 32.2. The minimum atomic E-state index is -0.373. The van der Waals surface area contributed by atoms with Crippen LogP contribution in [0.1, 0.15) is 23.7 Å². The Morgan fingerprint density at radius 1 is 1.58 bits per heavy atom. The van der Waals surface area contributed by atoms with Crippen molar-refractivity contribution in [3.05, 3.63) is 29.6 Å². The Labute approximate surface area is 117 Å². The first-order chi connectivity index (χ1) is 9.15. The Morgan fingerprint density at radius 2 is 2.37 bits per heavy atom. The summed E-state index contributed by atoms with van der Waals surface area (Å²) in [5, 5.41) is 2.94. The summed E-state index contributed by atoms with van der Waals surface area (Å²) < 4.78 is 13.8. The minimum absolute atomic E-state index is 0.108. The van der Waals surface area contributed by atoms with Crippen molar-refractivity contribution in [3.63, 3.8) is 0 Å². The Balaban J connectivity index is 2.24. The van der Waals surface area contributed by atoms with Crippen molar-refractivity contribution >= 4 is 23.4 Å². The maximum absolute atomic E-state index is 13.8. The zero-order valence-corrected chi connectivity index (χ0v) is 12.1. The van der Waals surface area contributed by atoms with Crippen molar-refractivity contribution in [1.82, 2.24) is 4.90 Å². The molecule has 0 bridgehead atoms. The number of nitrogens with one attached hydrogen (secondary N) is 1. The number of hydrogen-bond acceptors (Lipinski definition) is 3. The van der Waals surface area contributed by atoms with Gasteiger partial charge in [0.05, 0.1) is 11.3 Å². The normalized spacial score (nSPS) is 18.4. The molecule has 1 aliphatic rings. The van der Waals surface area contributed by atoms with E-state index in [1.165, 1.54) is 6.07 Å². The van der Waals surface area contributed by atoms with Gasteiger partial charge in [-0.1, -0.05) is 6.07 Å². The van der Waals surface area contributed by atoms with E-state index in [1.54, 1.807) is 24.1 Å². The molecule has 1 amide bonds. The van der Waals surface area contributed by atoms with Gasteiger partial charge >= 0.3 is 0 Å². The molecule has 1 N–H and O–H groups in total. The molecule has 5 heteroatoms. The number of thioether (sulfide) groups is 1. The predicted molar refractivity (Wildman–Crippen MR) is 78.4 cm³/mol. The van der Waals surface area contributed by atoms with E-state index in [2.05, 4.69) is 5.32 Å². The minimum Gasteiger partial charge on any atom is -0.382 e. The third-order valence-electron chi connectivity index (χ3n) is 3.37. The molecular formula is C14H19FN2OS. The number of amides is 1. The Morgan fingerprint density at radius 3 is 3.00 bits per heavy atom. The quantitative estimate of drug-likeness (QED) is 0.921. The highest BCUT2D eigenvalue weighted by molar-refractivity contribution is 7.99. The number of halogens is 1. The van der Waals surface area contributed by atoms with Gasteiger partial charge in [-0.3, -0.25) is 4.79 Å². The fraction of sp³-hybridized carbons (Fsp3) is 0.500. The van der Waals surface area contributed by atoms with Gasteiger partial charge in [0.25, 0.3) is 5.91 Å². The number of carbonyl (C=O) groups is 1. The van der Waals surface area contributed by atoms with E-state index in [-0.39, 0.29) is 17.8 Å². The van der Waals surface area contributed by atoms with E-state index < -0.39 is 0 Å². The van der Waals surface area contributed by atoms with Crippen molar-refractivity contribution in [2.75, 3.05) is 30.4 Å². The molecule has 1 saturated heterocycles. The average Bonchev–Trinajstić information content (AvgIpc) is 2.93. The monoisotopic (exact) mass is 282 g/mol. The molecule has 1 aromatic rings. The number of hydrogen-bond donors (Lipinski definition) is 1. The van der Waals surface area contributed by atoms with E-state index in [1.807, 2.05) is 18.7 Å². The van der Waals surface area contributed by atoms with Crippen molar-refractivity contribution < 1.29 is 9.18 Å². The van der Waals surface area contributed by atoms with Crippen LogP contribution in [0.3, 0.4) is 0 Å². The summed E-state index contributed by atoms with van der Waals surface area (Å²) in [6.07, 6.45) is 1.01. The Bertz CT molecular complexity index is 461. The van der Waals surface area contributed by atoms with E-state index >= 15 is 0 Å². The van der Waals surface area contributed by atoms with Gasteiger partial charge in [0.2, 0.25) is 0 Å². The maximum atomic E-state index is 13.8. The summed E-state index contributed by atoms with van der Waals surface area (Å²) in [5.41, 5.74) is 0.730. The number of benzene rings is 1. The number of para-hydroxylation sites is 1. The van der Waals surface area contributed by atoms with Crippen LogP contribution in [-0.4, -0.2) is 41.9 Å². The summed E-state index contributed by atoms with van der Waals surface area (Å²) in [6, 6.07) is 4.90. The number of anilines is 1. The first-order valence-corrected chi connectivity index (χ1v) is 7.68. The summed E-state index contributed by atoms with van der Waals surface area (Å²) in [5.74, 6) is 1.57. The Kier molecular flexibility index (Phi) is 4.69. The van der Waals surface area contributed by atoms with Crippen molar-refractivity contribution in [3.8, 4) is 0 Å². The highest BCUT2D eigenvalue weighted by Gasteiger charge is 2.26. The van der Waals surface area contributed by atoms with Gasteiger partial charge in [-0.15, -0.1) is 0 Å². The van der Waals surface area contributed by atoms with Gasteiger partial charge < -0.3 is 10.2 Å². The molecule has 1 unspecified atom stereocenters. The van der Waals surface area contributed by atoms with E-state index in [9.17, 15) is 9.18 Å². The Hall–Kier alpha value is -1.23. The fourth-order valence-corrected chi connectivity index (χ4v) is 3.51. The van der Waals surface area contributed by atoms with Gasteiger partial charge in [-0.25, -0.2) is 4.39 Å². The van der Waals surface area contributed by atoms with Crippen molar-refractivity contribution in [1.29, 1.82) is 0 Å². The zero-order valence-electron chi connectivity index (χ0n) is 11.3. The van der Waals surface area contributed by atoms with Crippen molar-refractivity contribution in [2.45, 2.75) is 19.4 Å². The van der Waals surface area contributed by atoms with Crippen LogP contribution in [0.15, 0.2) is 18.2 Å². The molecule has 1 fully saturated rings. The molecule has 0 spiro atoms. The number of nitrogens with zero attached hydrogens (tertiary/aromatic N) is 1. The summed E-state index contributed by atoms with van der Waals surface area (Å²) in [6.45, 7) is 2.47. The first-order valence-electron chi connectivity index (χ1n) is 6.52. The lowest BCUT2D eigenvalue weighted by Gasteiger charge is -2.25. The van der Waals surface area contributed by atoms with Gasteiger partial charge in [0.1, 0.15) is 5.82 Å². The van der Waals surface area contributed by atoms with Crippen LogP contribution < -0.4 is 5.32 Å². The highest BCUT2D eigenvalue weighted by Crippen LogP contribution is 2.26. The number of carbonyl (C=O) groups excluding carboxylic acids is 1. The molecule has 1 aromatic carbocycles. The molecule has 0 saturated carbocycles. The van der Waals surface area contributed by atoms with Gasteiger partial charge in [0, 0.05) is 25.4 Å². The average molecular weight is 282 g/mol. The third kappa shape index (κ3) is 3.03. The first kappa shape index (κ1) is 14.2. The van der Waals surface area contributed by atoms with Crippen LogP contribution in [0.2, 0.25) is 0 Å². The zero-order chi connectivity index (χ0) is 13.8. The third-order valence-corrected chi connectivity index (χ3v) is 4.52. The van der Waals surface area contributed by atoms with E-state index in [4.69, 9.17) is 0 Å². The van der Waals surface area contributed by atoms with Crippen molar-refractivity contribution in [2.24, 2.45) is 0 Å². The van der Waals surface area contributed by atoms with Crippen LogP contribution in [0.5, 0.6) is 0 Å². The lowest BCUT2D eigenvalue weighted by atomic mass is 10.1. The predicted octanol–water partition coefficient (Wildman–Crippen LogP) is 2.84. The molecule has 0 aromatic heterocycles. The van der Waals surface area contributed by atoms with Crippen LogP contribution in [-0.2, 0) is 0 Å². The molecular weight excluding hydrogens is 263 g/mol.